The monoisotopic (exact) mass is 353 g/mol. The Labute approximate surface area is 155 Å². The van der Waals surface area contributed by atoms with E-state index in [2.05, 4.69) is 31.0 Å². The van der Waals surface area contributed by atoms with Gasteiger partial charge in [-0.25, -0.2) is 0 Å². The van der Waals surface area contributed by atoms with Crippen LogP contribution in [0.5, 0.6) is 0 Å². The number of rotatable bonds is 15. The summed E-state index contributed by atoms with van der Waals surface area (Å²) in [5.74, 6) is 6.99. The molecule has 0 spiro atoms. The van der Waals surface area contributed by atoms with Crippen molar-refractivity contribution in [3.63, 3.8) is 0 Å². The summed E-state index contributed by atoms with van der Waals surface area (Å²) >= 11 is 0. The highest BCUT2D eigenvalue weighted by molar-refractivity contribution is 5.76. The quantitative estimate of drug-likeness (QED) is 0.355. The third-order valence-electron chi connectivity index (χ3n) is 3.92. The Morgan fingerprint density at radius 3 is 2.36 bits per heavy atom. The Morgan fingerprint density at radius 2 is 1.68 bits per heavy atom. The first kappa shape index (κ1) is 23.9. The van der Waals surface area contributed by atoms with E-state index in [-0.39, 0.29) is 5.91 Å². The minimum atomic E-state index is -0.0177. The first-order valence-electron chi connectivity index (χ1n) is 9.96. The Hall–Kier alpha value is -1.05. The molecule has 0 aliphatic carbocycles. The average molecular weight is 354 g/mol. The number of amides is 1. The van der Waals surface area contributed by atoms with Gasteiger partial charge in [-0.3, -0.25) is 4.79 Å². The number of nitrogens with one attached hydrogen (secondary N) is 1. The molecule has 4 nitrogen and oxygen atoms in total. The van der Waals surface area contributed by atoms with Gasteiger partial charge in [0.25, 0.3) is 0 Å². The van der Waals surface area contributed by atoms with Gasteiger partial charge in [-0.15, -0.1) is 0 Å². The van der Waals surface area contributed by atoms with Crippen LogP contribution >= 0.6 is 0 Å². The number of carbonyl (C=O) groups is 1. The minimum Gasteiger partial charge on any atom is -0.379 e. The van der Waals surface area contributed by atoms with Crippen LogP contribution in [0.25, 0.3) is 0 Å². The van der Waals surface area contributed by atoms with Crippen LogP contribution in [0.2, 0.25) is 0 Å². The zero-order valence-electron chi connectivity index (χ0n) is 16.9. The molecule has 1 N–H and O–H groups in total. The van der Waals surface area contributed by atoms with E-state index in [1.165, 1.54) is 32.1 Å². The predicted octanol–water partition coefficient (Wildman–Crippen LogP) is 4.18. The van der Waals surface area contributed by atoms with Crippen molar-refractivity contribution in [3.8, 4) is 11.8 Å². The lowest BCUT2D eigenvalue weighted by molar-refractivity contribution is -0.122. The van der Waals surface area contributed by atoms with E-state index >= 15 is 0 Å². The molecule has 0 aromatic rings. The zero-order chi connectivity index (χ0) is 18.8. The topological polar surface area (TPSA) is 47.6 Å². The van der Waals surface area contributed by atoms with Gasteiger partial charge < -0.3 is 14.8 Å². The molecule has 0 radical (unpaired) electrons. The molecule has 0 aromatic carbocycles. The van der Waals surface area contributed by atoms with Crippen LogP contribution in [0.4, 0.5) is 0 Å². The van der Waals surface area contributed by atoms with Gasteiger partial charge in [-0.1, -0.05) is 71.6 Å². The minimum absolute atomic E-state index is 0.0177. The Kier molecular flexibility index (Phi) is 17.0. The molecule has 1 unspecified atom stereocenters. The fourth-order valence-corrected chi connectivity index (χ4v) is 2.32. The van der Waals surface area contributed by atoms with Gasteiger partial charge in [0.05, 0.1) is 26.4 Å². The van der Waals surface area contributed by atoms with Gasteiger partial charge in [0.15, 0.2) is 0 Å². The first-order chi connectivity index (χ1) is 12.1. The molecule has 0 aliphatic heterocycles. The molecular formula is C21H39NO3. The van der Waals surface area contributed by atoms with Crippen LogP contribution in [-0.2, 0) is 14.3 Å². The second-order valence-electron chi connectivity index (χ2n) is 6.97. The third kappa shape index (κ3) is 19.1. The van der Waals surface area contributed by atoms with Crippen molar-refractivity contribution in [2.45, 2.75) is 72.6 Å². The number of carbonyl (C=O) groups excluding carboxylic acids is 1. The molecule has 0 saturated heterocycles. The van der Waals surface area contributed by atoms with Gasteiger partial charge >= 0.3 is 0 Å². The van der Waals surface area contributed by atoms with Crippen LogP contribution in [0, 0.1) is 23.7 Å². The van der Waals surface area contributed by atoms with E-state index in [0.29, 0.717) is 38.7 Å². The molecular weight excluding hydrogens is 314 g/mol. The van der Waals surface area contributed by atoms with E-state index in [1.54, 1.807) is 0 Å². The second-order valence-corrected chi connectivity index (χ2v) is 6.97. The van der Waals surface area contributed by atoms with Gasteiger partial charge in [0, 0.05) is 18.9 Å². The standard InChI is InChI=1S/C21H39NO3/c1-5-6-7-8-11-20(4)12-15-24-17-18-25-16-13-21(23)22-14-9-10-19(2)3/h19-20H,5-8,11-18H2,1-4H3,(H,22,23). The largest absolute Gasteiger partial charge is 0.379 e. The summed E-state index contributed by atoms with van der Waals surface area (Å²) in [6, 6.07) is 0. The van der Waals surface area contributed by atoms with E-state index in [4.69, 9.17) is 9.47 Å². The van der Waals surface area contributed by atoms with Crippen molar-refractivity contribution < 1.29 is 14.3 Å². The fraction of sp³-hybridized carbons (Fsp3) is 0.857. The van der Waals surface area contributed by atoms with Crippen LogP contribution in [0.3, 0.4) is 0 Å². The van der Waals surface area contributed by atoms with Crippen molar-refractivity contribution in [1.82, 2.24) is 5.32 Å². The summed E-state index contributed by atoms with van der Waals surface area (Å²) in [7, 11) is 0. The number of unbranched alkanes of at least 4 members (excludes halogenated alkanes) is 3. The maximum atomic E-state index is 11.5. The highest BCUT2D eigenvalue weighted by Gasteiger charge is 2.02. The number of hydrogen-bond acceptors (Lipinski definition) is 3. The fourth-order valence-electron chi connectivity index (χ4n) is 2.32. The van der Waals surface area contributed by atoms with Crippen molar-refractivity contribution >= 4 is 5.91 Å². The maximum Gasteiger partial charge on any atom is 0.223 e. The molecule has 1 atom stereocenters. The van der Waals surface area contributed by atoms with Gasteiger partial charge in [0.2, 0.25) is 5.91 Å². The smallest absolute Gasteiger partial charge is 0.223 e. The van der Waals surface area contributed by atoms with Crippen LogP contribution in [0.15, 0.2) is 0 Å². The molecule has 0 saturated carbocycles. The molecule has 1 amide bonds. The molecule has 0 aromatic heterocycles. The van der Waals surface area contributed by atoms with Crippen molar-refractivity contribution in [2.24, 2.45) is 11.8 Å². The Balaban J connectivity index is 3.33. The van der Waals surface area contributed by atoms with E-state index in [1.807, 2.05) is 13.8 Å². The summed E-state index contributed by atoms with van der Waals surface area (Å²) in [4.78, 5) is 11.5. The predicted molar refractivity (Wildman–Crippen MR) is 104 cm³/mol. The van der Waals surface area contributed by atoms with Crippen molar-refractivity contribution in [2.75, 3.05) is 33.0 Å². The van der Waals surface area contributed by atoms with Crippen molar-refractivity contribution in [3.05, 3.63) is 0 Å². The number of hydrogen-bond donors (Lipinski definition) is 1. The lowest BCUT2D eigenvalue weighted by atomic mass is 10.00. The van der Waals surface area contributed by atoms with Gasteiger partial charge in [-0.2, -0.15) is 0 Å². The molecule has 25 heavy (non-hydrogen) atoms. The summed E-state index contributed by atoms with van der Waals surface area (Å²) in [6.07, 6.45) is 8.13. The highest BCUT2D eigenvalue weighted by atomic mass is 16.5. The lowest BCUT2D eigenvalue weighted by Gasteiger charge is -2.11. The highest BCUT2D eigenvalue weighted by Crippen LogP contribution is 2.13. The van der Waals surface area contributed by atoms with E-state index < -0.39 is 0 Å². The van der Waals surface area contributed by atoms with Crippen LogP contribution in [0.1, 0.15) is 72.6 Å². The molecule has 0 rings (SSSR count). The van der Waals surface area contributed by atoms with Crippen LogP contribution < -0.4 is 5.32 Å². The second kappa shape index (κ2) is 17.8. The van der Waals surface area contributed by atoms with E-state index in [0.717, 1.165) is 18.9 Å². The molecule has 0 fully saturated rings. The molecule has 0 aliphatic rings. The molecule has 0 bridgehead atoms. The molecule has 4 heteroatoms. The SMILES string of the molecule is CCCCCCC(C)CCOCCOCCC(=O)NCC#CC(C)C. The van der Waals surface area contributed by atoms with Crippen molar-refractivity contribution in [1.29, 1.82) is 0 Å². The summed E-state index contributed by atoms with van der Waals surface area (Å²) in [5, 5.41) is 2.76. The Morgan fingerprint density at radius 1 is 0.960 bits per heavy atom. The third-order valence-corrected chi connectivity index (χ3v) is 3.92. The normalized spacial score (nSPS) is 11.9. The summed E-state index contributed by atoms with van der Waals surface area (Å²) in [6.45, 7) is 11.4. The zero-order valence-corrected chi connectivity index (χ0v) is 16.9. The average Bonchev–Trinajstić information content (AvgIpc) is 2.57. The number of ether oxygens (including phenoxy) is 2. The van der Waals surface area contributed by atoms with Crippen LogP contribution in [-0.4, -0.2) is 38.9 Å². The molecule has 0 heterocycles. The van der Waals surface area contributed by atoms with E-state index in [9.17, 15) is 4.79 Å². The summed E-state index contributed by atoms with van der Waals surface area (Å²) in [5.41, 5.74) is 0. The molecule has 146 valence electrons. The first-order valence-corrected chi connectivity index (χ1v) is 9.96. The van der Waals surface area contributed by atoms with Gasteiger partial charge in [0.1, 0.15) is 0 Å². The maximum absolute atomic E-state index is 11.5. The Bertz CT molecular complexity index is 371. The lowest BCUT2D eigenvalue weighted by Crippen LogP contribution is -2.25. The summed E-state index contributed by atoms with van der Waals surface area (Å²) < 4.78 is 11.0. The van der Waals surface area contributed by atoms with Gasteiger partial charge in [-0.05, 0) is 12.3 Å².